The molecule has 2 aromatic rings. The number of guanidine groups is 1. The highest BCUT2D eigenvalue weighted by atomic mass is 16.3. The summed E-state index contributed by atoms with van der Waals surface area (Å²) in [5.74, 6) is 2.10. The molecule has 0 aliphatic carbocycles. The van der Waals surface area contributed by atoms with Crippen LogP contribution in [-0.2, 0) is 4.79 Å². The van der Waals surface area contributed by atoms with Crippen LogP contribution >= 0.6 is 0 Å². The molecule has 1 fully saturated rings. The van der Waals surface area contributed by atoms with Crippen molar-refractivity contribution in [2.24, 2.45) is 4.99 Å². The number of aromatic nitrogens is 1. The monoisotopic (exact) mass is 398 g/mol. The molecule has 1 saturated heterocycles. The maximum atomic E-state index is 12.1. The average molecular weight is 399 g/mol. The number of pyridine rings is 1. The lowest BCUT2D eigenvalue weighted by Gasteiger charge is -2.26. The summed E-state index contributed by atoms with van der Waals surface area (Å²) < 4.78 is 5.65. The van der Waals surface area contributed by atoms with Crippen LogP contribution in [-0.4, -0.2) is 55.0 Å². The second kappa shape index (κ2) is 10.6. The SMILES string of the molecule is CN=C(NCCC(=O)Nc1ccc(C)cn1)NCC(c1ccco1)N1CCCC1. The molecular weight excluding hydrogens is 368 g/mol. The van der Waals surface area contributed by atoms with Crippen LogP contribution in [0.3, 0.4) is 0 Å². The van der Waals surface area contributed by atoms with Crippen molar-refractivity contribution in [1.82, 2.24) is 20.5 Å². The number of carbonyl (C=O) groups excluding carboxylic acids is 1. The Kier molecular flexibility index (Phi) is 7.63. The smallest absolute Gasteiger partial charge is 0.227 e. The average Bonchev–Trinajstić information content (AvgIpc) is 3.43. The Bertz CT molecular complexity index is 782. The van der Waals surface area contributed by atoms with E-state index >= 15 is 0 Å². The van der Waals surface area contributed by atoms with E-state index in [1.165, 1.54) is 12.8 Å². The number of anilines is 1. The summed E-state index contributed by atoms with van der Waals surface area (Å²) >= 11 is 0. The topological polar surface area (TPSA) is 94.8 Å². The number of hydrogen-bond donors (Lipinski definition) is 3. The summed E-state index contributed by atoms with van der Waals surface area (Å²) in [6.07, 6.45) is 6.21. The van der Waals surface area contributed by atoms with Gasteiger partial charge in [-0.2, -0.15) is 0 Å². The lowest BCUT2D eigenvalue weighted by Crippen LogP contribution is -2.43. The highest BCUT2D eigenvalue weighted by Gasteiger charge is 2.25. The quantitative estimate of drug-likeness (QED) is 0.467. The Morgan fingerprint density at radius 2 is 2.10 bits per heavy atom. The van der Waals surface area contributed by atoms with E-state index in [1.807, 2.05) is 25.1 Å². The van der Waals surface area contributed by atoms with Crippen LogP contribution in [0.1, 0.15) is 36.6 Å². The van der Waals surface area contributed by atoms with Gasteiger partial charge in [0.25, 0.3) is 0 Å². The molecule has 3 heterocycles. The van der Waals surface area contributed by atoms with E-state index in [9.17, 15) is 4.79 Å². The van der Waals surface area contributed by atoms with Gasteiger partial charge in [-0.05, 0) is 56.6 Å². The van der Waals surface area contributed by atoms with Crippen molar-refractivity contribution in [2.45, 2.75) is 32.2 Å². The molecule has 8 nitrogen and oxygen atoms in total. The van der Waals surface area contributed by atoms with Gasteiger partial charge >= 0.3 is 0 Å². The number of amides is 1. The van der Waals surface area contributed by atoms with Gasteiger partial charge in [-0.15, -0.1) is 0 Å². The van der Waals surface area contributed by atoms with Crippen molar-refractivity contribution in [3.05, 3.63) is 48.0 Å². The molecule has 1 atom stereocenters. The van der Waals surface area contributed by atoms with Gasteiger partial charge < -0.3 is 20.4 Å². The van der Waals surface area contributed by atoms with Crippen molar-refractivity contribution in [3.63, 3.8) is 0 Å². The first kappa shape index (κ1) is 20.9. The highest BCUT2D eigenvalue weighted by Crippen LogP contribution is 2.24. The minimum Gasteiger partial charge on any atom is -0.468 e. The number of aryl methyl sites for hydroxylation is 1. The number of aliphatic imine (C=N–C) groups is 1. The van der Waals surface area contributed by atoms with Gasteiger partial charge in [0.1, 0.15) is 11.6 Å². The van der Waals surface area contributed by atoms with E-state index in [0.29, 0.717) is 31.3 Å². The molecule has 3 N–H and O–H groups in total. The van der Waals surface area contributed by atoms with E-state index in [-0.39, 0.29) is 11.9 Å². The Morgan fingerprint density at radius 3 is 2.76 bits per heavy atom. The number of nitrogens with one attached hydrogen (secondary N) is 3. The van der Waals surface area contributed by atoms with Crippen molar-refractivity contribution in [2.75, 3.05) is 38.5 Å². The van der Waals surface area contributed by atoms with Gasteiger partial charge in [0.05, 0.1) is 12.3 Å². The molecule has 0 radical (unpaired) electrons. The summed E-state index contributed by atoms with van der Waals surface area (Å²) in [6, 6.07) is 7.83. The minimum atomic E-state index is -0.0881. The normalized spacial score (nSPS) is 15.9. The number of hydrogen-bond acceptors (Lipinski definition) is 5. The molecule has 8 heteroatoms. The van der Waals surface area contributed by atoms with E-state index in [4.69, 9.17) is 4.42 Å². The third-order valence-electron chi connectivity index (χ3n) is 4.96. The molecule has 1 unspecified atom stereocenters. The van der Waals surface area contributed by atoms with Gasteiger partial charge in [0.2, 0.25) is 5.91 Å². The third kappa shape index (κ3) is 6.32. The van der Waals surface area contributed by atoms with Crippen LogP contribution in [0.4, 0.5) is 5.82 Å². The molecule has 3 rings (SSSR count). The van der Waals surface area contributed by atoms with Crippen LogP contribution in [0.25, 0.3) is 0 Å². The van der Waals surface area contributed by atoms with Crippen LogP contribution in [0.15, 0.2) is 46.1 Å². The van der Waals surface area contributed by atoms with Gasteiger partial charge in [-0.25, -0.2) is 4.98 Å². The predicted octanol–water partition coefficient (Wildman–Crippen LogP) is 2.31. The van der Waals surface area contributed by atoms with E-state index in [0.717, 1.165) is 24.4 Å². The largest absolute Gasteiger partial charge is 0.468 e. The minimum absolute atomic E-state index is 0.0881. The van der Waals surface area contributed by atoms with Crippen LogP contribution in [0.5, 0.6) is 0 Å². The maximum absolute atomic E-state index is 12.1. The number of likely N-dealkylation sites (tertiary alicyclic amines) is 1. The molecule has 0 saturated carbocycles. The molecule has 1 amide bonds. The molecule has 1 aliphatic heterocycles. The summed E-state index contributed by atoms with van der Waals surface area (Å²) in [5.41, 5.74) is 1.06. The molecule has 29 heavy (non-hydrogen) atoms. The summed E-state index contributed by atoms with van der Waals surface area (Å²) in [4.78, 5) is 23.0. The summed E-state index contributed by atoms with van der Waals surface area (Å²) in [7, 11) is 1.73. The third-order valence-corrected chi connectivity index (χ3v) is 4.96. The Balaban J connectivity index is 1.43. The van der Waals surface area contributed by atoms with Crippen molar-refractivity contribution in [1.29, 1.82) is 0 Å². The number of furan rings is 1. The first-order valence-electron chi connectivity index (χ1n) is 10.1. The molecule has 1 aliphatic rings. The number of rotatable bonds is 8. The zero-order valence-electron chi connectivity index (χ0n) is 17.1. The summed E-state index contributed by atoms with van der Waals surface area (Å²) in [6.45, 7) is 5.28. The second-order valence-electron chi connectivity index (χ2n) is 7.17. The van der Waals surface area contributed by atoms with Gasteiger partial charge in [-0.3, -0.25) is 14.7 Å². The predicted molar refractivity (Wildman–Crippen MR) is 114 cm³/mol. The fourth-order valence-electron chi connectivity index (χ4n) is 3.40. The Labute approximate surface area is 171 Å². The molecule has 0 aromatic carbocycles. The first-order valence-corrected chi connectivity index (χ1v) is 10.1. The lowest BCUT2D eigenvalue weighted by molar-refractivity contribution is -0.116. The van der Waals surface area contributed by atoms with Crippen LogP contribution in [0.2, 0.25) is 0 Å². The first-order chi connectivity index (χ1) is 14.2. The molecule has 156 valence electrons. The molecule has 0 bridgehead atoms. The Morgan fingerprint density at radius 1 is 1.28 bits per heavy atom. The zero-order valence-corrected chi connectivity index (χ0v) is 17.1. The standard InChI is InChI=1S/C21H30N6O2/c1-16-7-8-19(24-14-16)26-20(28)9-10-23-21(22-2)25-15-17(18-6-5-13-29-18)27-11-3-4-12-27/h5-8,13-14,17H,3-4,9-12,15H2,1-2H3,(H2,22,23,25)(H,24,26,28). The fourth-order valence-corrected chi connectivity index (χ4v) is 3.40. The van der Waals surface area contributed by atoms with Crippen molar-refractivity contribution < 1.29 is 9.21 Å². The second-order valence-corrected chi connectivity index (χ2v) is 7.17. The van der Waals surface area contributed by atoms with E-state index in [2.05, 4.69) is 30.8 Å². The van der Waals surface area contributed by atoms with Crippen molar-refractivity contribution >= 4 is 17.7 Å². The number of carbonyl (C=O) groups is 1. The lowest BCUT2D eigenvalue weighted by atomic mass is 10.2. The molecule has 0 spiro atoms. The Hall–Kier alpha value is -2.87. The van der Waals surface area contributed by atoms with Crippen LogP contribution < -0.4 is 16.0 Å². The van der Waals surface area contributed by atoms with Crippen LogP contribution in [0, 0.1) is 6.92 Å². The number of nitrogens with zero attached hydrogens (tertiary/aromatic N) is 3. The molecule has 2 aromatic heterocycles. The fraction of sp³-hybridized carbons (Fsp3) is 0.476. The maximum Gasteiger partial charge on any atom is 0.227 e. The summed E-state index contributed by atoms with van der Waals surface area (Å²) in [5, 5.41) is 9.35. The van der Waals surface area contributed by atoms with Gasteiger partial charge in [0, 0.05) is 32.8 Å². The van der Waals surface area contributed by atoms with E-state index < -0.39 is 0 Å². The zero-order chi connectivity index (χ0) is 20.5. The van der Waals surface area contributed by atoms with E-state index in [1.54, 1.807) is 25.6 Å². The van der Waals surface area contributed by atoms with Crippen molar-refractivity contribution in [3.8, 4) is 0 Å². The van der Waals surface area contributed by atoms with Gasteiger partial charge in [0.15, 0.2) is 5.96 Å². The van der Waals surface area contributed by atoms with Gasteiger partial charge in [-0.1, -0.05) is 6.07 Å². The highest BCUT2D eigenvalue weighted by molar-refractivity contribution is 5.90. The molecular formula is C21H30N6O2.